The van der Waals surface area contributed by atoms with Crippen molar-refractivity contribution >= 4 is 5.97 Å². The summed E-state index contributed by atoms with van der Waals surface area (Å²) < 4.78 is 5.46. The molecule has 1 fully saturated rings. The van der Waals surface area contributed by atoms with E-state index in [0.717, 1.165) is 12.8 Å². The van der Waals surface area contributed by atoms with Gasteiger partial charge in [-0.1, -0.05) is 32.8 Å². The molecule has 0 heterocycles. The van der Waals surface area contributed by atoms with Gasteiger partial charge in [0, 0.05) is 11.0 Å². The molecule has 1 aliphatic carbocycles. The zero-order valence-electron chi connectivity index (χ0n) is 12.7. The van der Waals surface area contributed by atoms with Crippen LogP contribution in [0, 0.1) is 17.3 Å². The van der Waals surface area contributed by atoms with Crippen LogP contribution in [0.25, 0.3) is 0 Å². The van der Waals surface area contributed by atoms with Gasteiger partial charge < -0.3 is 9.84 Å². The van der Waals surface area contributed by atoms with Gasteiger partial charge >= 0.3 is 5.97 Å². The lowest BCUT2D eigenvalue weighted by molar-refractivity contribution is -0.148. The van der Waals surface area contributed by atoms with E-state index in [9.17, 15) is 9.90 Å². The molecule has 1 rings (SSSR count). The van der Waals surface area contributed by atoms with Crippen molar-refractivity contribution in [3.63, 3.8) is 0 Å². The molecule has 110 valence electrons. The van der Waals surface area contributed by atoms with E-state index in [1.807, 2.05) is 6.92 Å². The van der Waals surface area contributed by atoms with E-state index in [1.165, 1.54) is 12.8 Å². The van der Waals surface area contributed by atoms with Crippen molar-refractivity contribution < 1.29 is 14.6 Å². The van der Waals surface area contributed by atoms with E-state index in [4.69, 9.17) is 4.74 Å². The minimum atomic E-state index is -0.278. The van der Waals surface area contributed by atoms with Crippen molar-refractivity contribution in [1.29, 1.82) is 0 Å². The third-order valence-corrected chi connectivity index (χ3v) is 4.84. The van der Waals surface area contributed by atoms with Crippen molar-refractivity contribution in [2.45, 2.75) is 53.4 Å². The molecular weight excluding hydrogens is 240 g/mol. The summed E-state index contributed by atoms with van der Waals surface area (Å²) in [6.07, 6.45) is 6.48. The number of hydrogen-bond donors (Lipinski definition) is 1. The number of hydrogen-bond acceptors (Lipinski definition) is 3. The summed E-state index contributed by atoms with van der Waals surface area (Å²) in [5.74, 6) is 0.509. The summed E-state index contributed by atoms with van der Waals surface area (Å²) in [6, 6.07) is 0. The van der Waals surface area contributed by atoms with E-state index >= 15 is 0 Å². The van der Waals surface area contributed by atoms with Crippen LogP contribution in [0.4, 0.5) is 0 Å². The molecule has 1 atom stereocenters. The smallest absolute Gasteiger partial charge is 0.333 e. The maximum atomic E-state index is 11.8. The molecule has 0 aromatic rings. The van der Waals surface area contributed by atoms with Crippen LogP contribution in [0.1, 0.15) is 53.4 Å². The van der Waals surface area contributed by atoms with E-state index in [0.29, 0.717) is 24.0 Å². The van der Waals surface area contributed by atoms with E-state index in [1.54, 1.807) is 13.0 Å². The molecule has 0 aromatic carbocycles. The fraction of sp³-hybridized carbons (Fsp3) is 0.812. The maximum Gasteiger partial charge on any atom is 0.333 e. The Balaban J connectivity index is 2.77. The second-order valence-corrected chi connectivity index (χ2v) is 6.08. The van der Waals surface area contributed by atoms with E-state index < -0.39 is 0 Å². The Kier molecular flexibility index (Phi) is 6.05. The first-order valence-electron chi connectivity index (χ1n) is 7.38. The number of carbonyl (C=O) groups excluding carboxylic acids is 1. The van der Waals surface area contributed by atoms with Gasteiger partial charge in [-0.15, -0.1) is 0 Å². The average Bonchev–Trinajstić information content (AvgIpc) is 2.92. The van der Waals surface area contributed by atoms with Gasteiger partial charge in [0.1, 0.15) is 0 Å². The molecule has 0 saturated heterocycles. The summed E-state index contributed by atoms with van der Waals surface area (Å²) >= 11 is 0. The Morgan fingerprint density at radius 3 is 2.42 bits per heavy atom. The van der Waals surface area contributed by atoms with Crippen molar-refractivity contribution in [1.82, 2.24) is 0 Å². The van der Waals surface area contributed by atoms with Crippen LogP contribution >= 0.6 is 0 Å². The Morgan fingerprint density at radius 1 is 1.42 bits per heavy atom. The fourth-order valence-electron chi connectivity index (χ4n) is 3.05. The zero-order chi connectivity index (χ0) is 14.5. The molecule has 0 aromatic heterocycles. The lowest BCUT2D eigenvalue weighted by atomic mass is 9.68. The van der Waals surface area contributed by atoms with E-state index in [2.05, 4.69) is 13.8 Å². The molecule has 0 aliphatic heterocycles. The van der Waals surface area contributed by atoms with Crippen molar-refractivity contribution in [2.75, 3.05) is 13.2 Å². The van der Waals surface area contributed by atoms with Crippen molar-refractivity contribution in [3.8, 4) is 0 Å². The molecule has 19 heavy (non-hydrogen) atoms. The van der Waals surface area contributed by atoms with Gasteiger partial charge in [-0.2, -0.15) is 0 Å². The fourth-order valence-corrected chi connectivity index (χ4v) is 3.05. The van der Waals surface area contributed by atoms with Gasteiger partial charge in [0.2, 0.25) is 0 Å². The first-order chi connectivity index (χ1) is 8.97. The molecule has 3 nitrogen and oxygen atoms in total. The predicted octanol–water partition coefficient (Wildman–Crippen LogP) is 3.32. The molecule has 1 N–H and O–H groups in total. The third kappa shape index (κ3) is 3.59. The Bertz CT molecular complexity index is 327. The Hall–Kier alpha value is -0.830. The predicted molar refractivity (Wildman–Crippen MR) is 76.7 cm³/mol. The highest BCUT2D eigenvalue weighted by Gasteiger charge is 2.43. The summed E-state index contributed by atoms with van der Waals surface area (Å²) in [6.45, 7) is 8.24. The van der Waals surface area contributed by atoms with Crippen LogP contribution < -0.4 is 0 Å². The van der Waals surface area contributed by atoms with Crippen molar-refractivity contribution in [2.24, 2.45) is 17.3 Å². The summed E-state index contributed by atoms with van der Waals surface area (Å²) in [5.41, 5.74) is 0.349. The zero-order valence-corrected chi connectivity index (χ0v) is 12.7. The number of allylic oxidation sites excluding steroid dienone is 1. The van der Waals surface area contributed by atoms with Crippen LogP contribution in [0.3, 0.4) is 0 Å². The highest BCUT2D eigenvalue weighted by Crippen LogP contribution is 2.45. The monoisotopic (exact) mass is 268 g/mol. The molecule has 1 aliphatic rings. The maximum absolute atomic E-state index is 11.8. The van der Waals surface area contributed by atoms with Crippen LogP contribution in [-0.2, 0) is 9.53 Å². The lowest BCUT2D eigenvalue weighted by Crippen LogP contribution is -2.43. The molecule has 0 amide bonds. The Labute approximate surface area is 117 Å². The molecule has 3 heteroatoms. The summed E-state index contributed by atoms with van der Waals surface area (Å²) in [7, 11) is 0. The SMILES string of the molecule is CC=C(C)C(=O)OCC(CO)(C(C)C)C1CCCC1. The highest BCUT2D eigenvalue weighted by atomic mass is 16.5. The molecular formula is C16H28O3. The number of carbonyl (C=O) groups is 1. The average molecular weight is 268 g/mol. The number of aliphatic hydroxyl groups excluding tert-OH is 1. The van der Waals surface area contributed by atoms with Crippen LogP contribution in [-0.4, -0.2) is 24.3 Å². The van der Waals surface area contributed by atoms with Gasteiger partial charge in [0.25, 0.3) is 0 Å². The quantitative estimate of drug-likeness (QED) is 0.594. The second-order valence-electron chi connectivity index (χ2n) is 6.08. The largest absolute Gasteiger partial charge is 0.462 e. The first kappa shape index (κ1) is 16.2. The van der Waals surface area contributed by atoms with Gasteiger partial charge in [-0.05, 0) is 38.5 Å². The topological polar surface area (TPSA) is 46.5 Å². The van der Waals surface area contributed by atoms with Gasteiger partial charge in [-0.3, -0.25) is 0 Å². The minimum absolute atomic E-state index is 0.0947. The van der Waals surface area contributed by atoms with Gasteiger partial charge in [0.15, 0.2) is 0 Å². The number of rotatable bonds is 6. The molecule has 1 saturated carbocycles. The lowest BCUT2D eigenvalue weighted by Gasteiger charge is -2.40. The first-order valence-corrected chi connectivity index (χ1v) is 7.38. The van der Waals surface area contributed by atoms with Crippen molar-refractivity contribution in [3.05, 3.63) is 11.6 Å². The second kappa shape index (κ2) is 7.09. The summed E-state index contributed by atoms with van der Waals surface area (Å²) in [5, 5.41) is 9.91. The third-order valence-electron chi connectivity index (χ3n) is 4.84. The number of aliphatic hydroxyl groups is 1. The Morgan fingerprint density at radius 2 is 2.00 bits per heavy atom. The van der Waals surface area contributed by atoms with Crippen LogP contribution in [0.5, 0.6) is 0 Å². The van der Waals surface area contributed by atoms with Gasteiger partial charge in [-0.25, -0.2) is 4.79 Å². The summed E-state index contributed by atoms with van der Waals surface area (Å²) in [4.78, 5) is 11.8. The molecule has 0 radical (unpaired) electrons. The molecule has 0 spiro atoms. The van der Waals surface area contributed by atoms with Crippen LogP contribution in [0.2, 0.25) is 0 Å². The molecule has 1 unspecified atom stereocenters. The van der Waals surface area contributed by atoms with E-state index in [-0.39, 0.29) is 18.0 Å². The van der Waals surface area contributed by atoms with Gasteiger partial charge in [0.05, 0.1) is 13.2 Å². The van der Waals surface area contributed by atoms with Crippen LogP contribution in [0.15, 0.2) is 11.6 Å². The standard InChI is InChI=1S/C16H28O3/c1-5-13(4)15(18)19-11-16(10-17,12(2)3)14-8-6-7-9-14/h5,12,14,17H,6-11H2,1-4H3. The normalized spacial score (nSPS) is 20.6. The minimum Gasteiger partial charge on any atom is -0.462 e. The highest BCUT2D eigenvalue weighted by molar-refractivity contribution is 5.87. The number of ether oxygens (including phenoxy) is 1. The number of esters is 1. The molecule has 0 bridgehead atoms.